The molecule has 1 aromatic heterocycles. The summed E-state index contributed by atoms with van der Waals surface area (Å²) in [6.45, 7) is 9.34. The number of nitrogens with one attached hydrogen (secondary N) is 1. The molecule has 0 bridgehead atoms. The summed E-state index contributed by atoms with van der Waals surface area (Å²) in [4.78, 5) is 8.94. The fraction of sp³-hybridized carbons (Fsp3) is 0.714. The third-order valence-electron chi connectivity index (χ3n) is 2.92. The molecule has 3 N–H and O–H groups in total. The number of nitrogens with two attached hydrogens (primary N) is 1. The average Bonchev–Trinajstić information content (AvgIpc) is 2.86. The van der Waals surface area contributed by atoms with Crippen molar-refractivity contribution in [3.05, 3.63) is 5.82 Å². The number of rotatable bonds is 4. The van der Waals surface area contributed by atoms with Crippen LogP contribution in [-0.4, -0.2) is 28.7 Å². The minimum absolute atomic E-state index is 0.0599. The van der Waals surface area contributed by atoms with Gasteiger partial charge in [0.15, 0.2) is 11.6 Å². The van der Waals surface area contributed by atoms with Crippen molar-refractivity contribution in [2.45, 2.75) is 52.2 Å². The van der Waals surface area contributed by atoms with Crippen LogP contribution >= 0.6 is 0 Å². The summed E-state index contributed by atoms with van der Waals surface area (Å²) in [5.41, 5.74) is 6.40. The summed E-state index contributed by atoms with van der Waals surface area (Å²) in [6.07, 6.45) is 1.91. The highest BCUT2D eigenvalue weighted by molar-refractivity contribution is 5.67. The highest BCUT2D eigenvalue weighted by atomic mass is 16.5. The quantitative estimate of drug-likeness (QED) is 0.882. The molecular weight excluding hydrogens is 256 g/mol. The van der Waals surface area contributed by atoms with Crippen molar-refractivity contribution in [3.63, 3.8) is 0 Å². The predicted molar refractivity (Wildman–Crippen MR) is 78.9 cm³/mol. The number of nitrogens with zero attached hydrogens (tertiary/aromatic N) is 2. The van der Waals surface area contributed by atoms with Gasteiger partial charge in [0, 0.05) is 12.1 Å². The molecular formula is C14H24N4O2. The Labute approximate surface area is 120 Å². The van der Waals surface area contributed by atoms with Crippen LogP contribution in [0.4, 0.5) is 11.5 Å². The molecule has 1 saturated heterocycles. The van der Waals surface area contributed by atoms with Crippen LogP contribution in [0, 0.1) is 0 Å². The lowest BCUT2D eigenvalue weighted by molar-refractivity contribution is 0.104. The van der Waals surface area contributed by atoms with Gasteiger partial charge in [-0.15, -0.1) is 0 Å². The molecule has 1 unspecified atom stereocenters. The van der Waals surface area contributed by atoms with Crippen LogP contribution < -0.4 is 15.8 Å². The number of aromatic nitrogens is 2. The monoisotopic (exact) mass is 280 g/mol. The predicted octanol–water partition coefficient (Wildman–Crippen LogP) is 2.52. The summed E-state index contributed by atoms with van der Waals surface area (Å²) in [6, 6.07) is 0. The lowest BCUT2D eigenvalue weighted by atomic mass is 10.1. The molecule has 6 heteroatoms. The van der Waals surface area contributed by atoms with Crippen LogP contribution in [0.25, 0.3) is 0 Å². The number of hydrogen-bond donors (Lipinski definition) is 2. The van der Waals surface area contributed by atoms with Crippen molar-refractivity contribution in [1.29, 1.82) is 0 Å². The second-order valence-corrected chi connectivity index (χ2v) is 5.96. The van der Waals surface area contributed by atoms with E-state index in [1.54, 1.807) is 0 Å². The summed E-state index contributed by atoms with van der Waals surface area (Å²) >= 11 is 0. The van der Waals surface area contributed by atoms with Crippen molar-refractivity contribution in [2.24, 2.45) is 0 Å². The van der Waals surface area contributed by atoms with Crippen molar-refractivity contribution >= 4 is 11.5 Å². The van der Waals surface area contributed by atoms with Gasteiger partial charge < -0.3 is 20.5 Å². The average molecular weight is 280 g/mol. The maximum Gasteiger partial charge on any atom is 0.242 e. The van der Waals surface area contributed by atoms with Crippen molar-refractivity contribution in [1.82, 2.24) is 9.97 Å². The Hall–Kier alpha value is -1.56. The fourth-order valence-electron chi connectivity index (χ4n) is 2.09. The summed E-state index contributed by atoms with van der Waals surface area (Å²) in [7, 11) is 0. The molecule has 0 aromatic carbocycles. The third kappa shape index (κ3) is 3.50. The van der Waals surface area contributed by atoms with Crippen LogP contribution in [0.5, 0.6) is 5.88 Å². The first-order valence-electron chi connectivity index (χ1n) is 7.10. The zero-order valence-corrected chi connectivity index (χ0v) is 12.7. The van der Waals surface area contributed by atoms with Gasteiger partial charge in [0.05, 0.1) is 6.61 Å². The third-order valence-corrected chi connectivity index (χ3v) is 2.92. The van der Waals surface area contributed by atoms with Crippen LogP contribution in [0.1, 0.15) is 52.5 Å². The first-order valence-corrected chi connectivity index (χ1v) is 7.10. The maximum atomic E-state index is 6.09. The molecule has 1 aromatic rings. The molecule has 1 aliphatic rings. The van der Waals surface area contributed by atoms with Gasteiger partial charge in [-0.1, -0.05) is 0 Å². The van der Waals surface area contributed by atoms with E-state index in [1.165, 1.54) is 0 Å². The van der Waals surface area contributed by atoms with Gasteiger partial charge >= 0.3 is 0 Å². The molecule has 1 aliphatic heterocycles. The van der Waals surface area contributed by atoms with Gasteiger partial charge in [0.25, 0.3) is 0 Å². The molecule has 6 nitrogen and oxygen atoms in total. The van der Waals surface area contributed by atoms with Crippen molar-refractivity contribution in [3.8, 4) is 5.88 Å². The fourth-order valence-corrected chi connectivity index (χ4v) is 2.09. The van der Waals surface area contributed by atoms with Crippen LogP contribution in [0.15, 0.2) is 0 Å². The lowest BCUT2D eigenvalue weighted by Gasteiger charge is -2.24. The second kappa shape index (κ2) is 5.83. The van der Waals surface area contributed by atoms with Gasteiger partial charge in [0.1, 0.15) is 11.8 Å². The van der Waals surface area contributed by atoms with E-state index in [-0.39, 0.29) is 11.6 Å². The normalized spacial score (nSPS) is 19.1. The Kier molecular flexibility index (Phi) is 4.32. The van der Waals surface area contributed by atoms with Gasteiger partial charge in [-0.2, -0.15) is 4.98 Å². The Morgan fingerprint density at radius 1 is 1.40 bits per heavy atom. The Morgan fingerprint density at radius 2 is 2.15 bits per heavy atom. The first-order chi connectivity index (χ1) is 9.40. The van der Waals surface area contributed by atoms with E-state index < -0.39 is 0 Å². The number of ether oxygens (including phenoxy) is 2. The number of anilines is 2. The first kappa shape index (κ1) is 14.8. The zero-order chi connectivity index (χ0) is 14.8. The van der Waals surface area contributed by atoms with Gasteiger partial charge in [0.2, 0.25) is 5.88 Å². The number of nitrogen functional groups attached to an aromatic ring is 1. The maximum absolute atomic E-state index is 6.09. The van der Waals surface area contributed by atoms with Crippen molar-refractivity contribution in [2.75, 3.05) is 24.3 Å². The minimum atomic E-state index is -0.139. The molecule has 0 amide bonds. The smallest absolute Gasteiger partial charge is 0.242 e. The largest absolute Gasteiger partial charge is 0.476 e. The molecule has 20 heavy (non-hydrogen) atoms. The van der Waals surface area contributed by atoms with E-state index in [0.717, 1.165) is 19.4 Å². The van der Waals surface area contributed by atoms with Gasteiger partial charge in [-0.25, -0.2) is 4.98 Å². The lowest BCUT2D eigenvalue weighted by Crippen LogP contribution is -2.28. The highest BCUT2D eigenvalue weighted by Crippen LogP contribution is 2.33. The Bertz CT molecular complexity index is 465. The molecule has 0 spiro atoms. The SMILES string of the molecule is CCOc1nc(C2CCCO2)nc(NC(C)(C)C)c1N. The van der Waals surface area contributed by atoms with Crippen molar-refractivity contribution < 1.29 is 9.47 Å². The van der Waals surface area contributed by atoms with E-state index in [2.05, 4.69) is 36.1 Å². The summed E-state index contributed by atoms with van der Waals surface area (Å²) in [5, 5.41) is 3.30. The standard InChI is InChI=1S/C14H24N4O2/c1-5-19-13-10(15)12(18-14(2,3)4)16-11(17-13)9-7-6-8-20-9/h9H,5-8,15H2,1-4H3,(H,16,17,18). The van der Waals surface area contributed by atoms with E-state index in [9.17, 15) is 0 Å². The molecule has 1 atom stereocenters. The van der Waals surface area contributed by atoms with E-state index >= 15 is 0 Å². The molecule has 0 aliphatic carbocycles. The summed E-state index contributed by atoms with van der Waals surface area (Å²) < 4.78 is 11.2. The Morgan fingerprint density at radius 3 is 2.70 bits per heavy atom. The van der Waals surface area contributed by atoms with Crippen LogP contribution in [0.3, 0.4) is 0 Å². The topological polar surface area (TPSA) is 82.3 Å². The molecule has 0 radical (unpaired) electrons. The highest BCUT2D eigenvalue weighted by Gasteiger charge is 2.25. The van der Waals surface area contributed by atoms with Gasteiger partial charge in [-0.3, -0.25) is 0 Å². The molecule has 0 saturated carbocycles. The number of hydrogen-bond acceptors (Lipinski definition) is 6. The van der Waals surface area contributed by atoms with Gasteiger partial charge in [-0.05, 0) is 40.5 Å². The van der Waals surface area contributed by atoms with Crippen LogP contribution in [0.2, 0.25) is 0 Å². The van der Waals surface area contributed by atoms with Crippen LogP contribution in [-0.2, 0) is 4.74 Å². The Balaban J connectivity index is 2.37. The molecule has 2 heterocycles. The zero-order valence-electron chi connectivity index (χ0n) is 12.7. The second-order valence-electron chi connectivity index (χ2n) is 5.96. The molecule has 2 rings (SSSR count). The molecule has 112 valence electrons. The molecule has 1 fully saturated rings. The minimum Gasteiger partial charge on any atom is -0.476 e. The summed E-state index contributed by atoms with van der Waals surface area (Å²) in [5.74, 6) is 1.69. The van der Waals surface area contributed by atoms with E-state index in [4.69, 9.17) is 15.2 Å². The van der Waals surface area contributed by atoms with E-state index in [1.807, 2.05) is 6.92 Å². The van der Waals surface area contributed by atoms with E-state index in [0.29, 0.717) is 29.8 Å².